The van der Waals surface area contributed by atoms with Crippen LogP contribution in [0.2, 0.25) is 0 Å². The molecule has 1 saturated carbocycles. The van der Waals surface area contributed by atoms with Crippen LogP contribution in [0.1, 0.15) is 25.5 Å². The Bertz CT molecular complexity index is 1460. The van der Waals surface area contributed by atoms with Gasteiger partial charge in [0.25, 0.3) is 5.56 Å². The number of nitrogens with one attached hydrogen (secondary N) is 1. The van der Waals surface area contributed by atoms with Crippen molar-refractivity contribution in [3.8, 4) is 28.1 Å². The molecule has 0 unspecified atom stereocenters. The van der Waals surface area contributed by atoms with Crippen LogP contribution in [-0.4, -0.2) is 26.1 Å². The molecule has 8 heteroatoms. The molecule has 1 aliphatic rings. The van der Waals surface area contributed by atoms with Crippen LogP contribution in [0.5, 0.6) is 5.75 Å². The van der Waals surface area contributed by atoms with E-state index in [-0.39, 0.29) is 22.9 Å². The second kappa shape index (κ2) is 7.61. The smallest absolute Gasteiger partial charge is 0.272 e. The van der Waals surface area contributed by atoms with Crippen LogP contribution in [0.15, 0.2) is 41.3 Å². The van der Waals surface area contributed by atoms with Crippen LogP contribution >= 0.6 is 0 Å². The van der Waals surface area contributed by atoms with Gasteiger partial charge in [-0.15, -0.1) is 0 Å². The van der Waals surface area contributed by atoms with E-state index < -0.39 is 5.82 Å². The minimum absolute atomic E-state index is 0.0818. The molecule has 1 aliphatic carbocycles. The number of aromatic nitrogens is 4. The van der Waals surface area contributed by atoms with Gasteiger partial charge in [-0.1, -0.05) is 13.0 Å². The first-order valence-electron chi connectivity index (χ1n) is 10.4. The zero-order valence-corrected chi connectivity index (χ0v) is 17.6. The van der Waals surface area contributed by atoms with Crippen LogP contribution < -0.4 is 10.3 Å². The molecule has 4 aromatic rings. The molecule has 32 heavy (non-hydrogen) atoms. The van der Waals surface area contributed by atoms with Crippen molar-refractivity contribution in [2.45, 2.75) is 32.3 Å². The van der Waals surface area contributed by atoms with E-state index >= 15 is 4.39 Å². The van der Waals surface area contributed by atoms with Crippen molar-refractivity contribution in [1.29, 1.82) is 0 Å². The van der Waals surface area contributed by atoms with Crippen molar-refractivity contribution < 1.29 is 9.13 Å². The Labute approximate surface area is 183 Å². The summed E-state index contributed by atoms with van der Waals surface area (Å²) in [5, 5.41) is 12.3. The second-order valence-corrected chi connectivity index (χ2v) is 7.84. The summed E-state index contributed by atoms with van der Waals surface area (Å²) in [6.07, 6.45) is 4.24. The van der Waals surface area contributed by atoms with E-state index in [0.29, 0.717) is 28.8 Å². The fourth-order valence-electron chi connectivity index (χ4n) is 3.95. The Morgan fingerprint density at radius 1 is 1.28 bits per heavy atom. The largest absolute Gasteiger partial charge is 0.501 e. The minimum atomic E-state index is -0.517. The molecule has 0 radical (unpaired) electrons. The third-order valence-corrected chi connectivity index (χ3v) is 5.71. The monoisotopic (exact) mass is 429 g/mol. The summed E-state index contributed by atoms with van der Waals surface area (Å²) in [5.74, 6) is -0.134. The molecule has 5 rings (SSSR count). The Balaban J connectivity index is 1.74. The molecule has 2 aromatic heterocycles. The van der Waals surface area contributed by atoms with E-state index in [2.05, 4.69) is 20.1 Å². The number of hydrogen-bond donors (Lipinski definition) is 1. The SMILES string of the molecule is [C-]#[N+]c1c(OC2CC2)ccc(F)c1-c1c(-c2ccc3c(=O)[nH]nc(CC)c3c2)cnn1C. The average molecular weight is 429 g/mol. The van der Waals surface area contributed by atoms with Crippen molar-refractivity contribution in [3.05, 3.63) is 69.8 Å². The first-order valence-corrected chi connectivity index (χ1v) is 10.4. The number of aromatic amines is 1. The lowest BCUT2D eigenvalue weighted by Crippen LogP contribution is -2.10. The van der Waals surface area contributed by atoms with Gasteiger partial charge in [-0.25, -0.2) is 14.3 Å². The summed E-state index contributed by atoms with van der Waals surface area (Å²) in [6, 6.07) is 8.26. The standard InChI is InChI=1S/C24H20FN5O2/c1-4-19-16-11-13(5-8-15(16)24(31)29-28-19)17-12-27-30(3)23(17)21-18(25)9-10-20(22(21)26-2)32-14-6-7-14/h5,8-12,14H,4,6-7H2,1,3H3,(H,29,31). The molecule has 0 aliphatic heterocycles. The van der Waals surface area contributed by atoms with Gasteiger partial charge in [-0.2, -0.15) is 10.2 Å². The number of ether oxygens (including phenoxy) is 1. The fourth-order valence-corrected chi connectivity index (χ4v) is 3.95. The lowest BCUT2D eigenvalue weighted by molar-refractivity contribution is 0.305. The predicted octanol–water partition coefficient (Wildman–Crippen LogP) is 4.78. The molecule has 160 valence electrons. The van der Waals surface area contributed by atoms with Gasteiger partial charge in [0.2, 0.25) is 5.69 Å². The topological polar surface area (TPSA) is 77.2 Å². The van der Waals surface area contributed by atoms with E-state index in [1.807, 2.05) is 13.0 Å². The Kier molecular flexibility index (Phi) is 4.74. The van der Waals surface area contributed by atoms with E-state index in [1.165, 1.54) is 12.1 Å². The molecular weight excluding hydrogens is 409 g/mol. The molecule has 1 fully saturated rings. The molecule has 1 N–H and O–H groups in total. The van der Waals surface area contributed by atoms with Crippen LogP contribution in [0, 0.1) is 12.4 Å². The maximum absolute atomic E-state index is 15.1. The maximum atomic E-state index is 15.1. The van der Waals surface area contributed by atoms with Crippen LogP contribution in [0.3, 0.4) is 0 Å². The Morgan fingerprint density at radius 3 is 2.81 bits per heavy atom. The van der Waals surface area contributed by atoms with Crippen molar-refractivity contribution in [2.24, 2.45) is 7.05 Å². The van der Waals surface area contributed by atoms with Gasteiger partial charge in [-0.05, 0) is 49.1 Å². The number of aryl methyl sites for hydroxylation is 2. The van der Waals surface area contributed by atoms with Gasteiger partial charge in [0, 0.05) is 23.6 Å². The fraction of sp³-hybridized carbons (Fsp3) is 0.250. The van der Waals surface area contributed by atoms with Crippen molar-refractivity contribution >= 4 is 16.5 Å². The molecular formula is C24H20FN5O2. The zero-order valence-electron chi connectivity index (χ0n) is 17.6. The number of nitrogens with zero attached hydrogens (tertiary/aromatic N) is 4. The third kappa shape index (κ3) is 3.23. The maximum Gasteiger partial charge on any atom is 0.272 e. The molecule has 2 heterocycles. The lowest BCUT2D eigenvalue weighted by atomic mass is 9.97. The predicted molar refractivity (Wildman–Crippen MR) is 119 cm³/mol. The van der Waals surface area contributed by atoms with Crippen molar-refractivity contribution in [3.63, 3.8) is 0 Å². The van der Waals surface area contributed by atoms with Crippen LogP contribution in [-0.2, 0) is 13.5 Å². The number of H-pyrrole nitrogens is 1. The van der Waals surface area contributed by atoms with Gasteiger partial charge in [0.15, 0.2) is 0 Å². The molecule has 7 nitrogen and oxygen atoms in total. The molecule has 0 saturated heterocycles. The quantitative estimate of drug-likeness (QED) is 0.463. The summed E-state index contributed by atoms with van der Waals surface area (Å²) in [7, 11) is 1.71. The summed E-state index contributed by atoms with van der Waals surface area (Å²) in [6.45, 7) is 9.68. The molecule has 2 aromatic carbocycles. The number of fused-ring (bicyclic) bond motifs is 1. The Morgan fingerprint density at radius 2 is 2.09 bits per heavy atom. The van der Waals surface area contributed by atoms with Crippen LogP contribution in [0.25, 0.3) is 38.0 Å². The highest BCUT2D eigenvalue weighted by Gasteiger charge is 2.28. The van der Waals surface area contributed by atoms with E-state index in [9.17, 15) is 4.79 Å². The summed E-state index contributed by atoms with van der Waals surface area (Å²) < 4.78 is 22.6. The van der Waals surface area contributed by atoms with Gasteiger partial charge in [0.1, 0.15) is 11.6 Å². The number of halogens is 1. The van der Waals surface area contributed by atoms with Gasteiger partial charge in [-0.3, -0.25) is 9.48 Å². The highest BCUT2D eigenvalue weighted by Crippen LogP contribution is 2.45. The molecule has 0 spiro atoms. The first-order chi connectivity index (χ1) is 15.5. The lowest BCUT2D eigenvalue weighted by Gasteiger charge is -2.14. The number of hydrogen-bond acceptors (Lipinski definition) is 4. The van der Waals surface area contributed by atoms with E-state index in [0.717, 1.165) is 29.5 Å². The van der Waals surface area contributed by atoms with Gasteiger partial charge < -0.3 is 4.74 Å². The highest BCUT2D eigenvalue weighted by atomic mass is 19.1. The third-order valence-electron chi connectivity index (χ3n) is 5.71. The van der Waals surface area contributed by atoms with E-state index in [1.54, 1.807) is 30.1 Å². The number of rotatable bonds is 5. The summed E-state index contributed by atoms with van der Waals surface area (Å²) in [4.78, 5) is 15.8. The van der Waals surface area contributed by atoms with Crippen LogP contribution in [0.4, 0.5) is 10.1 Å². The van der Waals surface area contributed by atoms with Crippen molar-refractivity contribution in [1.82, 2.24) is 20.0 Å². The molecule has 0 atom stereocenters. The molecule has 0 amide bonds. The zero-order chi connectivity index (χ0) is 22.4. The summed E-state index contributed by atoms with van der Waals surface area (Å²) >= 11 is 0. The van der Waals surface area contributed by atoms with E-state index in [4.69, 9.17) is 11.3 Å². The minimum Gasteiger partial charge on any atom is -0.501 e. The van der Waals surface area contributed by atoms with Gasteiger partial charge >= 0.3 is 0 Å². The normalized spacial score (nSPS) is 13.3. The average Bonchev–Trinajstić information content (AvgIpc) is 3.54. The number of benzene rings is 2. The highest BCUT2D eigenvalue weighted by molar-refractivity contribution is 5.94. The second-order valence-electron chi connectivity index (χ2n) is 7.84. The first kappa shape index (κ1) is 19.9. The van der Waals surface area contributed by atoms with Gasteiger partial charge in [0.05, 0.1) is 35.6 Å². The summed E-state index contributed by atoms with van der Waals surface area (Å²) in [5.41, 5.74) is 2.68. The Hall–Kier alpha value is -3.99. The van der Waals surface area contributed by atoms with Crippen molar-refractivity contribution in [2.75, 3.05) is 0 Å². The molecule has 0 bridgehead atoms.